The van der Waals surface area contributed by atoms with Gasteiger partial charge in [0, 0.05) is 28.4 Å². The fourth-order valence-electron chi connectivity index (χ4n) is 2.59. The Bertz CT molecular complexity index is 411. The SMILES string of the molecule is CCC1OCCC1C(O)Cc1ccc(Br)cc1Cl. The van der Waals surface area contributed by atoms with Gasteiger partial charge >= 0.3 is 0 Å². The van der Waals surface area contributed by atoms with E-state index in [0.29, 0.717) is 11.4 Å². The molecule has 3 atom stereocenters. The lowest BCUT2D eigenvalue weighted by Gasteiger charge is -2.23. The lowest BCUT2D eigenvalue weighted by molar-refractivity contribution is 0.0318. The Morgan fingerprint density at radius 3 is 3.00 bits per heavy atom. The zero-order valence-corrected chi connectivity index (χ0v) is 12.7. The number of hydrogen-bond acceptors (Lipinski definition) is 2. The minimum Gasteiger partial charge on any atom is -0.392 e. The molecule has 1 aliphatic heterocycles. The molecular weight excluding hydrogens is 316 g/mol. The standard InChI is InChI=1S/C14H18BrClO2/c1-2-14-11(5-6-18-14)13(17)7-9-3-4-10(15)8-12(9)16/h3-4,8,11,13-14,17H,2,5-7H2,1H3. The number of hydrogen-bond donors (Lipinski definition) is 1. The first-order chi connectivity index (χ1) is 8.61. The number of aliphatic hydroxyl groups is 1. The van der Waals surface area contributed by atoms with Gasteiger partial charge in [-0.3, -0.25) is 0 Å². The summed E-state index contributed by atoms with van der Waals surface area (Å²) in [6, 6.07) is 5.79. The molecule has 1 fully saturated rings. The van der Waals surface area contributed by atoms with Crippen LogP contribution in [0.15, 0.2) is 22.7 Å². The molecule has 0 amide bonds. The Kier molecular flexibility index (Phi) is 5.07. The Balaban J connectivity index is 2.04. The smallest absolute Gasteiger partial charge is 0.0634 e. The van der Waals surface area contributed by atoms with Gasteiger partial charge in [-0.25, -0.2) is 0 Å². The minimum absolute atomic E-state index is 0.189. The molecule has 1 saturated heterocycles. The maximum atomic E-state index is 10.3. The summed E-state index contributed by atoms with van der Waals surface area (Å²) in [6.45, 7) is 2.86. The second-order valence-electron chi connectivity index (χ2n) is 4.78. The highest BCUT2D eigenvalue weighted by Gasteiger charge is 2.32. The van der Waals surface area contributed by atoms with Crippen molar-refractivity contribution in [1.82, 2.24) is 0 Å². The van der Waals surface area contributed by atoms with Crippen LogP contribution in [0.25, 0.3) is 0 Å². The molecule has 1 aliphatic rings. The molecule has 0 spiro atoms. The third-order valence-corrected chi connectivity index (χ3v) is 4.45. The highest BCUT2D eigenvalue weighted by atomic mass is 79.9. The van der Waals surface area contributed by atoms with Crippen molar-refractivity contribution in [2.75, 3.05) is 6.61 Å². The fraction of sp³-hybridized carbons (Fsp3) is 0.571. The van der Waals surface area contributed by atoms with Gasteiger partial charge in [-0.2, -0.15) is 0 Å². The van der Waals surface area contributed by atoms with E-state index in [9.17, 15) is 5.11 Å². The van der Waals surface area contributed by atoms with Crippen LogP contribution in [0.5, 0.6) is 0 Å². The molecular formula is C14H18BrClO2. The molecule has 100 valence electrons. The average molecular weight is 334 g/mol. The van der Waals surface area contributed by atoms with Gasteiger partial charge in [0.1, 0.15) is 0 Å². The van der Waals surface area contributed by atoms with E-state index in [0.717, 1.165) is 29.5 Å². The van der Waals surface area contributed by atoms with E-state index < -0.39 is 0 Å². The number of rotatable bonds is 4. The van der Waals surface area contributed by atoms with Gasteiger partial charge in [0.25, 0.3) is 0 Å². The molecule has 0 radical (unpaired) electrons. The van der Waals surface area contributed by atoms with Crippen molar-refractivity contribution in [3.05, 3.63) is 33.3 Å². The van der Waals surface area contributed by atoms with E-state index in [-0.39, 0.29) is 18.1 Å². The largest absolute Gasteiger partial charge is 0.392 e. The Morgan fingerprint density at radius 1 is 1.56 bits per heavy atom. The van der Waals surface area contributed by atoms with Gasteiger partial charge in [-0.05, 0) is 30.5 Å². The first kappa shape index (κ1) is 14.3. The van der Waals surface area contributed by atoms with E-state index in [1.54, 1.807) is 0 Å². The summed E-state index contributed by atoms with van der Waals surface area (Å²) in [6.07, 6.45) is 2.30. The summed E-state index contributed by atoms with van der Waals surface area (Å²) in [4.78, 5) is 0. The maximum absolute atomic E-state index is 10.3. The predicted molar refractivity (Wildman–Crippen MR) is 77.0 cm³/mol. The fourth-order valence-corrected chi connectivity index (χ4v) is 3.34. The summed E-state index contributed by atoms with van der Waals surface area (Å²) in [5.41, 5.74) is 0.995. The Labute approximate surface area is 121 Å². The number of ether oxygens (including phenoxy) is 1. The highest BCUT2D eigenvalue weighted by molar-refractivity contribution is 9.10. The third kappa shape index (κ3) is 3.27. The second kappa shape index (κ2) is 6.38. The van der Waals surface area contributed by atoms with E-state index in [4.69, 9.17) is 16.3 Å². The van der Waals surface area contributed by atoms with E-state index >= 15 is 0 Å². The number of benzene rings is 1. The van der Waals surface area contributed by atoms with Crippen molar-refractivity contribution >= 4 is 27.5 Å². The molecule has 0 aromatic heterocycles. The van der Waals surface area contributed by atoms with Crippen LogP contribution < -0.4 is 0 Å². The quantitative estimate of drug-likeness (QED) is 0.907. The van der Waals surface area contributed by atoms with E-state index in [2.05, 4.69) is 22.9 Å². The number of aliphatic hydroxyl groups excluding tert-OH is 1. The lowest BCUT2D eigenvalue weighted by Crippen LogP contribution is -2.29. The van der Waals surface area contributed by atoms with Crippen molar-refractivity contribution in [2.24, 2.45) is 5.92 Å². The van der Waals surface area contributed by atoms with Gasteiger partial charge in [0.05, 0.1) is 12.2 Å². The molecule has 2 nitrogen and oxygen atoms in total. The van der Waals surface area contributed by atoms with Crippen LogP contribution in [0.3, 0.4) is 0 Å². The van der Waals surface area contributed by atoms with Crippen LogP contribution in [-0.4, -0.2) is 23.9 Å². The highest BCUT2D eigenvalue weighted by Crippen LogP contribution is 2.30. The van der Waals surface area contributed by atoms with Crippen molar-refractivity contribution in [2.45, 2.75) is 38.4 Å². The zero-order chi connectivity index (χ0) is 13.1. The van der Waals surface area contributed by atoms with Crippen LogP contribution in [0.2, 0.25) is 5.02 Å². The molecule has 0 saturated carbocycles. The van der Waals surface area contributed by atoms with Crippen LogP contribution in [-0.2, 0) is 11.2 Å². The molecule has 1 aromatic carbocycles. The predicted octanol–water partition coefficient (Wildman–Crippen LogP) is 3.82. The van der Waals surface area contributed by atoms with Crippen molar-refractivity contribution in [3.63, 3.8) is 0 Å². The van der Waals surface area contributed by atoms with Gasteiger partial charge in [0.2, 0.25) is 0 Å². The summed E-state index contributed by atoms with van der Waals surface area (Å²) in [5.74, 6) is 0.231. The average Bonchev–Trinajstić information content (AvgIpc) is 2.81. The van der Waals surface area contributed by atoms with E-state index in [1.807, 2.05) is 18.2 Å². The van der Waals surface area contributed by atoms with Gasteiger partial charge < -0.3 is 9.84 Å². The monoisotopic (exact) mass is 332 g/mol. The zero-order valence-electron chi connectivity index (χ0n) is 10.4. The topological polar surface area (TPSA) is 29.5 Å². The van der Waals surface area contributed by atoms with Crippen LogP contribution in [0, 0.1) is 5.92 Å². The Hall–Kier alpha value is -0.0900. The third-order valence-electron chi connectivity index (χ3n) is 3.60. The van der Waals surface area contributed by atoms with Gasteiger partial charge in [-0.1, -0.05) is 40.5 Å². The molecule has 3 unspecified atom stereocenters. The van der Waals surface area contributed by atoms with Crippen molar-refractivity contribution in [1.29, 1.82) is 0 Å². The van der Waals surface area contributed by atoms with Crippen LogP contribution in [0.1, 0.15) is 25.3 Å². The summed E-state index contributed by atoms with van der Waals surface area (Å²) in [5, 5.41) is 11.1. The molecule has 4 heteroatoms. The first-order valence-corrected chi connectivity index (χ1v) is 7.52. The van der Waals surface area contributed by atoms with Crippen molar-refractivity contribution in [3.8, 4) is 0 Å². The lowest BCUT2D eigenvalue weighted by atomic mass is 9.89. The second-order valence-corrected chi connectivity index (χ2v) is 6.10. The molecule has 1 heterocycles. The van der Waals surface area contributed by atoms with E-state index in [1.165, 1.54) is 0 Å². The molecule has 1 N–H and O–H groups in total. The summed E-state index contributed by atoms with van der Waals surface area (Å²) < 4.78 is 6.58. The van der Waals surface area contributed by atoms with Crippen LogP contribution >= 0.6 is 27.5 Å². The molecule has 18 heavy (non-hydrogen) atoms. The molecule has 2 rings (SSSR count). The maximum Gasteiger partial charge on any atom is 0.0634 e. The first-order valence-electron chi connectivity index (χ1n) is 6.35. The normalized spacial score (nSPS) is 25.3. The van der Waals surface area contributed by atoms with Crippen LogP contribution in [0.4, 0.5) is 0 Å². The molecule has 0 bridgehead atoms. The molecule has 1 aromatic rings. The van der Waals surface area contributed by atoms with Gasteiger partial charge in [-0.15, -0.1) is 0 Å². The summed E-state index contributed by atoms with van der Waals surface area (Å²) in [7, 11) is 0. The summed E-state index contributed by atoms with van der Waals surface area (Å²) >= 11 is 9.56. The number of halogens is 2. The molecule has 0 aliphatic carbocycles. The van der Waals surface area contributed by atoms with Gasteiger partial charge in [0.15, 0.2) is 0 Å². The Morgan fingerprint density at radius 2 is 2.33 bits per heavy atom. The van der Waals surface area contributed by atoms with Crippen molar-refractivity contribution < 1.29 is 9.84 Å². The minimum atomic E-state index is -0.379.